The third kappa shape index (κ3) is 5.47. The molecular weight excluding hydrogens is 372 g/mol. The zero-order chi connectivity index (χ0) is 19.9. The molecule has 1 fully saturated rings. The molecule has 0 saturated carbocycles. The quantitative estimate of drug-likeness (QED) is 0.695. The fourth-order valence-corrected chi connectivity index (χ4v) is 3.74. The summed E-state index contributed by atoms with van der Waals surface area (Å²) in [4.78, 5) is 20.6. The van der Waals surface area contributed by atoms with Crippen molar-refractivity contribution in [1.82, 2.24) is 15.2 Å². The van der Waals surface area contributed by atoms with E-state index >= 15 is 0 Å². The summed E-state index contributed by atoms with van der Waals surface area (Å²) in [6.07, 6.45) is 3.02. The van der Waals surface area contributed by atoms with Crippen LogP contribution in [0.25, 0.3) is 11.3 Å². The number of rotatable bonds is 7. The van der Waals surface area contributed by atoms with E-state index in [1.54, 1.807) is 18.9 Å². The maximum atomic E-state index is 12.4. The van der Waals surface area contributed by atoms with Gasteiger partial charge in [0.05, 0.1) is 23.7 Å². The van der Waals surface area contributed by atoms with Gasteiger partial charge in [0.1, 0.15) is 0 Å². The minimum Gasteiger partial charge on any atom is -0.383 e. The maximum absolute atomic E-state index is 12.4. The van der Waals surface area contributed by atoms with E-state index in [9.17, 15) is 4.79 Å². The molecule has 28 heavy (non-hydrogen) atoms. The van der Waals surface area contributed by atoms with Crippen LogP contribution in [0.3, 0.4) is 0 Å². The second-order valence-corrected chi connectivity index (χ2v) is 7.82. The van der Waals surface area contributed by atoms with Gasteiger partial charge in [0.15, 0.2) is 0 Å². The first-order chi connectivity index (χ1) is 13.6. The Hall–Kier alpha value is -2.09. The number of nitrogens with zero attached hydrogens (tertiary/aromatic N) is 2. The van der Waals surface area contributed by atoms with Crippen LogP contribution < -0.4 is 10.6 Å². The first-order valence-corrected chi connectivity index (χ1v) is 10.7. The lowest BCUT2D eigenvalue weighted by Gasteiger charge is -2.17. The molecule has 3 rings (SSSR count). The first-order valence-electron chi connectivity index (χ1n) is 9.50. The molecule has 6 nitrogen and oxygen atoms in total. The second kappa shape index (κ2) is 9.91. The lowest BCUT2D eigenvalue weighted by molar-refractivity contribution is 0.160. The molecule has 7 heteroatoms. The number of carbonyl (C=O) groups excluding carboxylic acids is 1. The van der Waals surface area contributed by atoms with Crippen LogP contribution in [0.1, 0.15) is 12.1 Å². The molecule has 2 heterocycles. The number of aromatic nitrogens is 1. The Morgan fingerprint density at radius 2 is 2.07 bits per heavy atom. The van der Waals surface area contributed by atoms with E-state index in [4.69, 9.17) is 4.74 Å². The van der Waals surface area contributed by atoms with Crippen LogP contribution in [-0.4, -0.2) is 61.6 Å². The number of amides is 2. The van der Waals surface area contributed by atoms with E-state index < -0.39 is 0 Å². The van der Waals surface area contributed by atoms with Gasteiger partial charge in [0.2, 0.25) is 0 Å². The molecule has 0 radical (unpaired) electrons. The number of pyridine rings is 1. The van der Waals surface area contributed by atoms with Crippen molar-refractivity contribution in [2.45, 2.75) is 24.3 Å². The first kappa shape index (κ1) is 20.6. The van der Waals surface area contributed by atoms with Gasteiger partial charge in [-0.15, -0.1) is 11.8 Å². The molecule has 2 amide bonds. The molecule has 2 N–H and O–H groups in total. The Kier molecular flexibility index (Phi) is 7.30. The van der Waals surface area contributed by atoms with Crippen LogP contribution in [0, 0.1) is 6.92 Å². The molecule has 0 bridgehead atoms. The molecular formula is C21H28N4O2S. The smallest absolute Gasteiger partial charge is 0.319 e. The topological polar surface area (TPSA) is 66.5 Å². The predicted molar refractivity (Wildman–Crippen MR) is 115 cm³/mol. The van der Waals surface area contributed by atoms with Crippen LogP contribution in [0.15, 0.2) is 41.3 Å². The monoisotopic (exact) mass is 400 g/mol. The van der Waals surface area contributed by atoms with E-state index in [1.807, 2.05) is 19.1 Å². The molecule has 0 spiro atoms. The van der Waals surface area contributed by atoms with Crippen molar-refractivity contribution in [3.05, 3.63) is 42.1 Å². The largest absolute Gasteiger partial charge is 0.383 e. The van der Waals surface area contributed by atoms with Crippen molar-refractivity contribution < 1.29 is 9.53 Å². The van der Waals surface area contributed by atoms with Gasteiger partial charge in [-0.05, 0) is 43.9 Å². The molecule has 150 valence electrons. The number of thioether (sulfide) groups is 1. The van der Waals surface area contributed by atoms with Crippen molar-refractivity contribution >= 4 is 23.5 Å². The Morgan fingerprint density at radius 3 is 2.75 bits per heavy atom. The zero-order valence-electron chi connectivity index (χ0n) is 16.7. The summed E-state index contributed by atoms with van der Waals surface area (Å²) >= 11 is 1.72. The third-order valence-corrected chi connectivity index (χ3v) is 5.68. The number of urea groups is 1. The Morgan fingerprint density at radius 1 is 1.29 bits per heavy atom. The highest BCUT2D eigenvalue weighted by atomic mass is 32.2. The summed E-state index contributed by atoms with van der Waals surface area (Å²) in [6.45, 7) is 5.38. The summed E-state index contributed by atoms with van der Waals surface area (Å²) < 4.78 is 5.12. The summed E-state index contributed by atoms with van der Waals surface area (Å²) in [5.41, 5.74) is 3.51. The summed E-state index contributed by atoms with van der Waals surface area (Å²) in [5.74, 6) is 0. The molecule has 1 aromatic carbocycles. The average molecular weight is 401 g/mol. The fraction of sp³-hybridized carbons (Fsp3) is 0.429. The van der Waals surface area contributed by atoms with Gasteiger partial charge in [0, 0.05) is 43.2 Å². The summed E-state index contributed by atoms with van der Waals surface area (Å²) in [7, 11) is 1.71. The van der Waals surface area contributed by atoms with Gasteiger partial charge in [-0.3, -0.25) is 9.88 Å². The number of methoxy groups -OCH3 is 1. The number of aryl methyl sites for hydroxylation is 1. The van der Waals surface area contributed by atoms with Gasteiger partial charge in [-0.2, -0.15) is 0 Å². The molecule has 1 aliphatic rings. The lowest BCUT2D eigenvalue weighted by Crippen LogP contribution is -2.40. The Bertz CT molecular complexity index is 797. The standard InChI is InChI=1S/C21H28N4O2S/c1-15-19(8-9-20(22-15)16-4-6-18(28-3)7-5-16)24-21(26)23-17-10-11-25(14-17)12-13-27-2/h4-9,17H,10-14H2,1-3H3,(H2,23,24,26). The summed E-state index contributed by atoms with van der Waals surface area (Å²) in [5, 5.41) is 5.99. The highest BCUT2D eigenvalue weighted by molar-refractivity contribution is 7.98. The van der Waals surface area contributed by atoms with Crippen molar-refractivity contribution in [3.8, 4) is 11.3 Å². The van der Waals surface area contributed by atoms with Gasteiger partial charge in [-0.1, -0.05) is 12.1 Å². The number of carbonyl (C=O) groups is 1. The molecule has 0 aliphatic carbocycles. The number of likely N-dealkylation sites (tertiary alicyclic amines) is 1. The van der Waals surface area contributed by atoms with Crippen molar-refractivity contribution in [1.29, 1.82) is 0 Å². The van der Waals surface area contributed by atoms with Crippen molar-refractivity contribution in [2.24, 2.45) is 0 Å². The number of hydrogen-bond acceptors (Lipinski definition) is 5. The van der Waals surface area contributed by atoms with Crippen molar-refractivity contribution in [2.75, 3.05) is 44.9 Å². The molecule has 1 saturated heterocycles. The molecule has 2 aromatic rings. The number of hydrogen-bond donors (Lipinski definition) is 2. The van der Waals surface area contributed by atoms with E-state index in [2.05, 4.69) is 51.0 Å². The van der Waals surface area contributed by atoms with Crippen LogP contribution in [0.2, 0.25) is 0 Å². The number of ether oxygens (including phenoxy) is 1. The minimum absolute atomic E-state index is 0.166. The van der Waals surface area contributed by atoms with E-state index in [0.717, 1.165) is 55.3 Å². The Labute approximate surface area is 171 Å². The van der Waals surface area contributed by atoms with E-state index in [0.29, 0.717) is 0 Å². The molecule has 1 atom stereocenters. The lowest BCUT2D eigenvalue weighted by atomic mass is 10.1. The fourth-order valence-electron chi connectivity index (χ4n) is 3.33. The molecule has 1 aromatic heterocycles. The highest BCUT2D eigenvalue weighted by Gasteiger charge is 2.23. The molecule has 1 unspecified atom stereocenters. The second-order valence-electron chi connectivity index (χ2n) is 6.94. The van der Waals surface area contributed by atoms with Gasteiger partial charge in [0.25, 0.3) is 0 Å². The van der Waals surface area contributed by atoms with Crippen LogP contribution in [-0.2, 0) is 4.74 Å². The van der Waals surface area contributed by atoms with Crippen LogP contribution in [0.5, 0.6) is 0 Å². The minimum atomic E-state index is -0.180. The average Bonchev–Trinajstić information content (AvgIpc) is 3.15. The van der Waals surface area contributed by atoms with Crippen LogP contribution in [0.4, 0.5) is 10.5 Å². The zero-order valence-corrected chi connectivity index (χ0v) is 17.5. The number of anilines is 1. The third-order valence-electron chi connectivity index (χ3n) is 4.94. The van der Waals surface area contributed by atoms with Gasteiger partial charge < -0.3 is 15.4 Å². The molecule has 1 aliphatic heterocycles. The number of nitrogens with one attached hydrogen (secondary N) is 2. The van der Waals surface area contributed by atoms with Gasteiger partial charge in [-0.25, -0.2) is 4.79 Å². The number of benzene rings is 1. The predicted octanol–water partition coefficient (Wildman–Crippen LogP) is 3.62. The van der Waals surface area contributed by atoms with Gasteiger partial charge >= 0.3 is 6.03 Å². The normalized spacial score (nSPS) is 16.9. The van der Waals surface area contributed by atoms with E-state index in [-0.39, 0.29) is 12.1 Å². The maximum Gasteiger partial charge on any atom is 0.319 e. The van der Waals surface area contributed by atoms with Crippen LogP contribution >= 0.6 is 11.8 Å². The SMILES string of the molecule is COCCN1CCC(NC(=O)Nc2ccc(-c3ccc(SC)cc3)nc2C)C1. The Balaban J connectivity index is 1.56. The highest BCUT2D eigenvalue weighted by Crippen LogP contribution is 2.24. The van der Waals surface area contributed by atoms with Crippen molar-refractivity contribution in [3.63, 3.8) is 0 Å². The summed E-state index contributed by atoms with van der Waals surface area (Å²) in [6, 6.07) is 12.2. The van der Waals surface area contributed by atoms with E-state index in [1.165, 1.54) is 4.90 Å².